The molecule has 5 rings (SSSR count). The van der Waals surface area contributed by atoms with Crippen molar-refractivity contribution >= 4 is 35.1 Å². The van der Waals surface area contributed by atoms with Crippen molar-refractivity contribution < 1.29 is 18.4 Å². The maximum Gasteiger partial charge on any atom is 0.323 e. The van der Waals surface area contributed by atoms with Crippen molar-refractivity contribution in [2.24, 2.45) is 0 Å². The van der Waals surface area contributed by atoms with Gasteiger partial charge in [0.05, 0.1) is 12.2 Å². The van der Waals surface area contributed by atoms with Gasteiger partial charge < -0.3 is 10.2 Å². The molecule has 32 heavy (non-hydrogen) atoms. The molecule has 162 valence electrons. The number of nitrogens with one attached hydrogen (secondary N) is 1. The van der Waals surface area contributed by atoms with Gasteiger partial charge in [-0.2, -0.15) is 0 Å². The summed E-state index contributed by atoms with van der Waals surface area (Å²) in [5, 5.41) is 2.76. The van der Waals surface area contributed by atoms with Crippen LogP contribution in [0.25, 0.3) is 0 Å². The van der Waals surface area contributed by atoms with Crippen LogP contribution in [0.3, 0.4) is 0 Å². The first-order valence-corrected chi connectivity index (χ1v) is 11.1. The molecule has 1 atom stereocenters. The van der Waals surface area contributed by atoms with E-state index in [9.17, 15) is 18.4 Å². The van der Waals surface area contributed by atoms with Crippen molar-refractivity contribution in [1.82, 2.24) is 4.90 Å². The van der Waals surface area contributed by atoms with Crippen LogP contribution in [0, 0.1) is 11.6 Å². The molecule has 2 aliphatic heterocycles. The molecule has 1 spiro atoms. The van der Waals surface area contributed by atoms with Gasteiger partial charge in [0, 0.05) is 29.1 Å². The number of benzene rings is 3. The highest BCUT2D eigenvalue weighted by molar-refractivity contribution is 8.01. The van der Waals surface area contributed by atoms with Crippen LogP contribution in [-0.4, -0.2) is 29.1 Å². The molecule has 2 aliphatic rings. The minimum atomic E-state index is -1.23. The van der Waals surface area contributed by atoms with E-state index in [1.807, 2.05) is 24.3 Å². The van der Waals surface area contributed by atoms with Crippen LogP contribution in [0.2, 0.25) is 0 Å². The van der Waals surface area contributed by atoms with E-state index in [-0.39, 0.29) is 18.3 Å². The van der Waals surface area contributed by atoms with Crippen LogP contribution in [0.15, 0.2) is 72.8 Å². The Labute approximate surface area is 188 Å². The van der Waals surface area contributed by atoms with Crippen LogP contribution >= 0.6 is 11.8 Å². The van der Waals surface area contributed by atoms with Gasteiger partial charge in [0.2, 0.25) is 0 Å². The summed E-state index contributed by atoms with van der Waals surface area (Å²) in [4.78, 5) is 28.9. The van der Waals surface area contributed by atoms with Gasteiger partial charge in [-0.15, -0.1) is 11.8 Å². The van der Waals surface area contributed by atoms with Gasteiger partial charge in [0.15, 0.2) is 4.87 Å². The lowest BCUT2D eigenvalue weighted by Crippen LogP contribution is -2.51. The van der Waals surface area contributed by atoms with Gasteiger partial charge in [-0.1, -0.05) is 36.4 Å². The lowest BCUT2D eigenvalue weighted by atomic mass is 10.1. The van der Waals surface area contributed by atoms with Crippen molar-refractivity contribution in [3.8, 4) is 0 Å². The number of hydrogen-bond donors (Lipinski definition) is 1. The van der Waals surface area contributed by atoms with E-state index in [0.29, 0.717) is 34.8 Å². The van der Waals surface area contributed by atoms with Gasteiger partial charge in [-0.3, -0.25) is 9.69 Å². The Morgan fingerprint density at radius 2 is 1.72 bits per heavy atom. The van der Waals surface area contributed by atoms with Gasteiger partial charge >= 0.3 is 6.03 Å². The van der Waals surface area contributed by atoms with E-state index < -0.39 is 16.7 Å². The third kappa shape index (κ3) is 3.22. The van der Waals surface area contributed by atoms with Crippen molar-refractivity contribution in [2.75, 3.05) is 22.5 Å². The van der Waals surface area contributed by atoms with Crippen LogP contribution in [0.1, 0.15) is 11.1 Å². The largest absolute Gasteiger partial charge is 0.323 e. The van der Waals surface area contributed by atoms with Gasteiger partial charge in [-0.25, -0.2) is 13.6 Å². The van der Waals surface area contributed by atoms with Gasteiger partial charge in [0.25, 0.3) is 5.91 Å². The number of anilines is 2. The minimum absolute atomic E-state index is 0.0677. The summed E-state index contributed by atoms with van der Waals surface area (Å²) in [5.74, 6) is -0.493. The number of fused-ring (bicyclic) bond motifs is 2. The average molecular weight is 451 g/mol. The van der Waals surface area contributed by atoms with Crippen molar-refractivity contribution in [1.29, 1.82) is 0 Å². The van der Waals surface area contributed by atoms with Crippen LogP contribution in [0.5, 0.6) is 0 Å². The zero-order valence-corrected chi connectivity index (χ0v) is 17.7. The van der Waals surface area contributed by atoms with Gasteiger partial charge in [0.1, 0.15) is 11.6 Å². The number of nitrogens with zero attached hydrogens (tertiary/aromatic N) is 2. The predicted molar refractivity (Wildman–Crippen MR) is 120 cm³/mol. The Bertz CT molecular complexity index is 1200. The molecule has 1 saturated heterocycles. The highest BCUT2D eigenvalue weighted by Gasteiger charge is 2.59. The lowest BCUT2D eigenvalue weighted by Gasteiger charge is -2.33. The maximum absolute atomic E-state index is 14.3. The van der Waals surface area contributed by atoms with Gasteiger partial charge in [-0.05, 0) is 36.4 Å². The Balaban J connectivity index is 1.51. The SMILES string of the molecule is O=C(Nc1ccc(F)cc1)N1CCS[C@@]12C(=O)N(Cc1ccccc1F)c1ccccc12. The summed E-state index contributed by atoms with van der Waals surface area (Å²) in [7, 11) is 0. The van der Waals surface area contributed by atoms with E-state index in [1.165, 1.54) is 47.0 Å². The normalized spacial score (nSPS) is 19.5. The fraction of sp³-hybridized carbons (Fsp3) is 0.167. The zero-order valence-electron chi connectivity index (χ0n) is 16.9. The molecule has 3 aromatic carbocycles. The van der Waals surface area contributed by atoms with Crippen molar-refractivity contribution in [3.63, 3.8) is 0 Å². The smallest absolute Gasteiger partial charge is 0.308 e. The third-order valence-electron chi connectivity index (χ3n) is 5.73. The first-order valence-electron chi connectivity index (χ1n) is 10.1. The summed E-state index contributed by atoms with van der Waals surface area (Å²) in [6, 6.07) is 18.7. The number of para-hydroxylation sites is 1. The summed E-state index contributed by atoms with van der Waals surface area (Å²) in [6.45, 7) is 0.434. The molecule has 3 amide bonds. The molecule has 5 nitrogen and oxygen atoms in total. The fourth-order valence-electron chi connectivity index (χ4n) is 4.25. The molecule has 0 unspecified atom stereocenters. The second kappa shape index (κ2) is 7.94. The quantitative estimate of drug-likeness (QED) is 0.613. The van der Waals surface area contributed by atoms with Crippen LogP contribution < -0.4 is 10.2 Å². The highest BCUT2D eigenvalue weighted by atomic mass is 32.2. The Morgan fingerprint density at radius 3 is 2.50 bits per heavy atom. The van der Waals surface area contributed by atoms with E-state index in [0.717, 1.165) is 0 Å². The first kappa shape index (κ1) is 20.5. The number of amides is 3. The second-order valence-electron chi connectivity index (χ2n) is 7.58. The summed E-state index contributed by atoms with van der Waals surface area (Å²) in [6.07, 6.45) is 0. The molecular weight excluding hydrogens is 432 g/mol. The first-order chi connectivity index (χ1) is 15.5. The average Bonchev–Trinajstić information content (AvgIpc) is 3.34. The number of rotatable bonds is 3. The number of thioether (sulfide) groups is 1. The number of carbonyl (C=O) groups excluding carboxylic acids is 2. The number of urea groups is 1. The van der Waals surface area contributed by atoms with Crippen molar-refractivity contribution in [3.05, 3.63) is 95.6 Å². The van der Waals surface area contributed by atoms with E-state index in [1.54, 1.807) is 23.1 Å². The number of halogens is 2. The molecule has 0 radical (unpaired) electrons. The topological polar surface area (TPSA) is 52.7 Å². The molecule has 1 fully saturated rings. The second-order valence-corrected chi connectivity index (χ2v) is 8.87. The minimum Gasteiger partial charge on any atom is -0.308 e. The standard InChI is InChI=1S/C24H19F2N3O2S/c25-17-9-11-18(12-10-17)27-23(31)29-13-14-32-24(29)19-6-2-4-8-21(19)28(22(24)30)15-16-5-1-3-7-20(16)26/h1-12H,13-15H2,(H,27,31)/t24-/m0/s1. The van der Waals surface area contributed by atoms with E-state index in [4.69, 9.17) is 0 Å². The lowest BCUT2D eigenvalue weighted by molar-refractivity contribution is -0.123. The molecule has 0 aromatic heterocycles. The Hall–Kier alpha value is -3.39. The van der Waals surface area contributed by atoms with E-state index >= 15 is 0 Å². The molecule has 0 bridgehead atoms. The van der Waals surface area contributed by atoms with Crippen LogP contribution in [-0.2, 0) is 16.2 Å². The van der Waals surface area contributed by atoms with Crippen molar-refractivity contribution in [2.45, 2.75) is 11.4 Å². The molecule has 3 aromatic rings. The third-order valence-corrected chi connectivity index (χ3v) is 7.15. The molecule has 1 N–H and O–H groups in total. The molecule has 0 saturated carbocycles. The maximum atomic E-state index is 14.3. The zero-order chi connectivity index (χ0) is 22.3. The van der Waals surface area contributed by atoms with E-state index in [2.05, 4.69) is 5.32 Å². The Morgan fingerprint density at radius 1 is 1.00 bits per heavy atom. The Kier molecular flexibility index (Phi) is 5.09. The summed E-state index contributed by atoms with van der Waals surface area (Å²) < 4.78 is 27.6. The number of carbonyl (C=O) groups is 2. The molecule has 0 aliphatic carbocycles. The monoisotopic (exact) mass is 451 g/mol. The summed E-state index contributed by atoms with van der Waals surface area (Å²) in [5.41, 5.74) is 2.20. The molecular formula is C24H19F2N3O2S. The predicted octanol–water partition coefficient (Wildman–Crippen LogP) is 4.95. The molecule has 2 heterocycles. The molecule has 8 heteroatoms. The summed E-state index contributed by atoms with van der Waals surface area (Å²) >= 11 is 1.39. The van der Waals surface area contributed by atoms with Crippen LogP contribution in [0.4, 0.5) is 25.0 Å². The fourth-order valence-corrected chi connectivity index (χ4v) is 5.71. The number of hydrogen-bond acceptors (Lipinski definition) is 3. The highest BCUT2D eigenvalue weighted by Crippen LogP contribution is 2.54.